The van der Waals surface area contributed by atoms with Gasteiger partial charge >= 0.3 is 0 Å². The molecular formula is C19H22N4O3S. The molecule has 0 amide bonds. The number of carbonyl (C=O) groups is 1. The van der Waals surface area contributed by atoms with E-state index in [0.717, 1.165) is 35.4 Å². The van der Waals surface area contributed by atoms with Crippen molar-refractivity contribution in [1.82, 2.24) is 14.8 Å². The summed E-state index contributed by atoms with van der Waals surface area (Å²) in [7, 11) is 3.22. The number of hydrogen-bond donors (Lipinski definition) is 1. The van der Waals surface area contributed by atoms with Crippen LogP contribution in [0.15, 0.2) is 34.6 Å². The Morgan fingerprint density at radius 3 is 2.89 bits per heavy atom. The summed E-state index contributed by atoms with van der Waals surface area (Å²) in [5.41, 5.74) is 2.53. The predicted molar refractivity (Wildman–Crippen MR) is 104 cm³/mol. The van der Waals surface area contributed by atoms with Crippen LogP contribution in [0.3, 0.4) is 0 Å². The lowest BCUT2D eigenvalue weighted by Crippen LogP contribution is -2.31. The van der Waals surface area contributed by atoms with Crippen LogP contribution in [-0.2, 0) is 4.79 Å². The number of allylic oxidation sites excluding steroid dienone is 2. The minimum Gasteiger partial charge on any atom is -0.493 e. The number of Topliss-reactive ketones (excluding diaryl/α,β-unsaturated/α-hetero) is 1. The number of anilines is 1. The Hall–Kier alpha value is -2.48. The summed E-state index contributed by atoms with van der Waals surface area (Å²) in [4.78, 5) is 17.5. The molecule has 1 unspecified atom stereocenters. The van der Waals surface area contributed by atoms with Crippen molar-refractivity contribution in [3.05, 3.63) is 35.0 Å². The topological polar surface area (TPSA) is 78.3 Å². The van der Waals surface area contributed by atoms with Crippen molar-refractivity contribution in [2.24, 2.45) is 0 Å². The smallest absolute Gasteiger partial charge is 0.227 e. The first-order valence-corrected chi connectivity index (χ1v) is 10.00. The van der Waals surface area contributed by atoms with Crippen molar-refractivity contribution in [2.75, 3.05) is 25.3 Å². The minimum absolute atomic E-state index is 0.143. The SMILES string of the molecule is CCSc1nc2n(n1)C(c1cccc(OC)c1OC)C1=C(CCCC1=O)N2. The fraction of sp³-hybridized carbons (Fsp3) is 0.421. The van der Waals surface area contributed by atoms with Gasteiger partial charge in [-0.15, -0.1) is 5.10 Å². The van der Waals surface area contributed by atoms with E-state index in [9.17, 15) is 4.79 Å². The van der Waals surface area contributed by atoms with Crippen LogP contribution >= 0.6 is 11.8 Å². The van der Waals surface area contributed by atoms with E-state index >= 15 is 0 Å². The van der Waals surface area contributed by atoms with Crippen LogP contribution < -0.4 is 14.8 Å². The Bertz CT molecular complexity index is 922. The maximum absolute atomic E-state index is 12.9. The molecule has 1 aromatic carbocycles. The average molecular weight is 386 g/mol. The molecule has 1 N–H and O–H groups in total. The van der Waals surface area contributed by atoms with E-state index in [1.54, 1.807) is 30.7 Å². The predicted octanol–water partition coefficient (Wildman–Crippen LogP) is 3.43. The largest absolute Gasteiger partial charge is 0.493 e. The highest BCUT2D eigenvalue weighted by Gasteiger charge is 2.38. The molecule has 0 spiro atoms. The number of benzene rings is 1. The second kappa shape index (κ2) is 7.26. The highest BCUT2D eigenvalue weighted by Crippen LogP contribution is 2.45. The van der Waals surface area contributed by atoms with Crippen molar-refractivity contribution >= 4 is 23.5 Å². The van der Waals surface area contributed by atoms with Crippen molar-refractivity contribution in [2.45, 2.75) is 37.4 Å². The Morgan fingerprint density at radius 2 is 2.15 bits per heavy atom. The summed E-state index contributed by atoms with van der Waals surface area (Å²) in [5.74, 6) is 2.92. The minimum atomic E-state index is -0.382. The van der Waals surface area contributed by atoms with E-state index in [1.165, 1.54) is 0 Å². The third-order valence-corrected chi connectivity index (χ3v) is 5.57. The maximum Gasteiger partial charge on any atom is 0.227 e. The van der Waals surface area contributed by atoms with Crippen molar-refractivity contribution in [3.8, 4) is 11.5 Å². The molecule has 0 radical (unpaired) electrons. The molecule has 0 bridgehead atoms. The van der Waals surface area contributed by atoms with Gasteiger partial charge in [0.1, 0.15) is 6.04 Å². The van der Waals surface area contributed by atoms with E-state index in [2.05, 4.69) is 22.3 Å². The average Bonchev–Trinajstić information content (AvgIpc) is 3.08. The van der Waals surface area contributed by atoms with Crippen LogP contribution in [0.5, 0.6) is 11.5 Å². The van der Waals surface area contributed by atoms with Gasteiger partial charge in [-0.3, -0.25) is 4.79 Å². The van der Waals surface area contributed by atoms with Crippen LogP contribution in [0, 0.1) is 0 Å². The number of methoxy groups -OCH3 is 2. The normalized spacial score (nSPS) is 18.6. The van der Waals surface area contributed by atoms with E-state index < -0.39 is 0 Å². The molecule has 0 saturated carbocycles. The first kappa shape index (κ1) is 17.9. The summed E-state index contributed by atoms with van der Waals surface area (Å²) in [6, 6.07) is 5.34. The monoisotopic (exact) mass is 386 g/mol. The molecule has 0 fully saturated rings. The number of ketones is 1. The second-order valence-corrected chi connectivity index (χ2v) is 7.61. The number of thioether (sulfide) groups is 1. The van der Waals surface area contributed by atoms with Gasteiger partial charge in [-0.1, -0.05) is 30.8 Å². The van der Waals surface area contributed by atoms with Gasteiger partial charge in [0.15, 0.2) is 17.3 Å². The third kappa shape index (κ3) is 2.97. The molecule has 1 atom stereocenters. The molecule has 8 heteroatoms. The molecule has 27 heavy (non-hydrogen) atoms. The van der Waals surface area contributed by atoms with Gasteiger partial charge in [0.25, 0.3) is 0 Å². The molecule has 2 heterocycles. The number of nitrogens with one attached hydrogen (secondary N) is 1. The van der Waals surface area contributed by atoms with E-state index in [0.29, 0.717) is 29.0 Å². The number of fused-ring (bicyclic) bond motifs is 1. The summed E-state index contributed by atoms with van der Waals surface area (Å²) in [6.45, 7) is 2.06. The highest BCUT2D eigenvalue weighted by molar-refractivity contribution is 7.99. The summed E-state index contributed by atoms with van der Waals surface area (Å²) >= 11 is 1.58. The molecule has 2 aliphatic rings. The van der Waals surface area contributed by atoms with Crippen LogP contribution in [0.4, 0.5) is 5.95 Å². The molecule has 4 rings (SSSR count). The number of carbonyl (C=O) groups excluding carboxylic acids is 1. The van der Waals surface area contributed by atoms with Crippen LogP contribution in [0.2, 0.25) is 0 Å². The van der Waals surface area contributed by atoms with Gasteiger partial charge in [0.05, 0.1) is 14.2 Å². The van der Waals surface area contributed by atoms with Crippen molar-refractivity contribution < 1.29 is 14.3 Å². The zero-order chi connectivity index (χ0) is 19.0. The Labute approximate surface area is 162 Å². The molecular weight excluding hydrogens is 364 g/mol. The van der Waals surface area contributed by atoms with Gasteiger partial charge < -0.3 is 14.8 Å². The Kier molecular flexibility index (Phi) is 4.82. The van der Waals surface area contributed by atoms with Crippen molar-refractivity contribution in [1.29, 1.82) is 0 Å². The van der Waals surface area contributed by atoms with Gasteiger partial charge in [-0.25, -0.2) is 4.68 Å². The van der Waals surface area contributed by atoms with E-state index in [1.807, 2.05) is 18.2 Å². The zero-order valence-corrected chi connectivity index (χ0v) is 16.4. The molecule has 1 aliphatic heterocycles. The van der Waals surface area contributed by atoms with Gasteiger partial charge in [0, 0.05) is 23.3 Å². The number of nitrogens with zero attached hydrogens (tertiary/aromatic N) is 3. The number of para-hydroxylation sites is 1. The van der Waals surface area contributed by atoms with Gasteiger partial charge in [0.2, 0.25) is 11.1 Å². The summed E-state index contributed by atoms with van der Waals surface area (Å²) in [6.07, 6.45) is 2.22. The molecule has 1 aromatic heterocycles. The number of ether oxygens (including phenoxy) is 2. The van der Waals surface area contributed by atoms with E-state index in [-0.39, 0.29) is 11.8 Å². The standard InChI is InChI=1S/C19H22N4O3S/c1-4-27-19-21-18-20-12-8-6-9-13(24)15(12)16(23(18)22-19)11-7-5-10-14(25-2)17(11)26-3/h5,7,10,16H,4,6,8-9H2,1-3H3,(H,20,21,22). The molecule has 1 aliphatic carbocycles. The lowest BCUT2D eigenvalue weighted by atomic mass is 9.85. The molecule has 2 aromatic rings. The zero-order valence-electron chi connectivity index (χ0n) is 15.6. The van der Waals surface area contributed by atoms with Crippen molar-refractivity contribution in [3.63, 3.8) is 0 Å². The third-order valence-electron chi connectivity index (χ3n) is 4.85. The second-order valence-electron chi connectivity index (χ2n) is 6.37. The quantitative estimate of drug-likeness (QED) is 0.789. The lowest BCUT2D eigenvalue weighted by molar-refractivity contribution is -0.116. The molecule has 7 nitrogen and oxygen atoms in total. The maximum atomic E-state index is 12.9. The van der Waals surface area contributed by atoms with Gasteiger partial charge in [-0.2, -0.15) is 4.98 Å². The lowest BCUT2D eigenvalue weighted by Gasteiger charge is -2.32. The summed E-state index contributed by atoms with van der Waals surface area (Å²) < 4.78 is 12.9. The summed E-state index contributed by atoms with van der Waals surface area (Å²) in [5, 5.41) is 8.71. The first-order valence-electron chi connectivity index (χ1n) is 9.01. The number of aromatic nitrogens is 3. The fourth-order valence-electron chi connectivity index (χ4n) is 3.74. The van der Waals surface area contributed by atoms with Crippen LogP contribution in [0.25, 0.3) is 0 Å². The Morgan fingerprint density at radius 1 is 1.30 bits per heavy atom. The van der Waals surface area contributed by atoms with Gasteiger partial charge in [-0.05, 0) is 24.7 Å². The first-order chi connectivity index (χ1) is 13.2. The number of rotatable bonds is 5. The molecule has 0 saturated heterocycles. The van der Waals surface area contributed by atoms with Crippen LogP contribution in [0.1, 0.15) is 37.8 Å². The fourth-order valence-corrected chi connectivity index (χ4v) is 4.30. The highest BCUT2D eigenvalue weighted by atomic mass is 32.2. The molecule has 142 valence electrons. The number of hydrogen-bond acceptors (Lipinski definition) is 7. The Balaban J connectivity index is 1.93. The van der Waals surface area contributed by atoms with Crippen LogP contribution in [-0.4, -0.2) is 40.5 Å². The van der Waals surface area contributed by atoms with E-state index in [4.69, 9.17) is 9.47 Å².